The third-order valence-electron chi connectivity index (χ3n) is 5.96. The second-order valence-electron chi connectivity index (χ2n) is 9.63. The minimum Gasteiger partial charge on any atom is -0.493 e. The first-order valence-corrected chi connectivity index (χ1v) is 13.8. The Bertz CT molecular complexity index is 1430. The molecule has 3 aromatic carbocycles. The standard InChI is InChI=1S/C31H33BrN4O5/c1-20(2)13-26(35-29(37)19-40-27-12-8-5-9-21(27)3)31(38)36-34-17-22-14-25(32)30(28(15-22)39-4)41-18-24-11-7-6-10-23(24)16-33/h5-12,14-15,17,20,26H,13,18-19H2,1-4H3,(H,35,37)(H,36,38)/b34-17-/t26-/m0/s1. The lowest BCUT2D eigenvalue weighted by atomic mass is 10.0. The molecule has 0 saturated heterocycles. The van der Waals surface area contributed by atoms with Gasteiger partial charge in [0.15, 0.2) is 18.1 Å². The van der Waals surface area contributed by atoms with Crippen LogP contribution in [0.15, 0.2) is 70.2 Å². The zero-order valence-corrected chi connectivity index (χ0v) is 25.0. The molecule has 41 heavy (non-hydrogen) atoms. The maximum atomic E-state index is 12.9. The monoisotopic (exact) mass is 620 g/mol. The molecule has 10 heteroatoms. The molecule has 0 aromatic heterocycles. The first kappa shape index (κ1) is 31.2. The van der Waals surface area contributed by atoms with Crippen molar-refractivity contribution in [3.63, 3.8) is 0 Å². The number of nitrogens with one attached hydrogen (secondary N) is 2. The summed E-state index contributed by atoms with van der Waals surface area (Å²) in [5.74, 6) is 0.831. The number of hydrogen-bond donors (Lipinski definition) is 2. The number of nitrogens with zero attached hydrogens (tertiary/aromatic N) is 2. The highest BCUT2D eigenvalue weighted by atomic mass is 79.9. The molecule has 0 aliphatic carbocycles. The number of carbonyl (C=O) groups excluding carboxylic acids is 2. The van der Waals surface area contributed by atoms with E-state index in [1.165, 1.54) is 13.3 Å². The number of hydrazone groups is 1. The van der Waals surface area contributed by atoms with E-state index in [0.29, 0.717) is 39.3 Å². The molecular formula is C31H33BrN4O5. The maximum Gasteiger partial charge on any atom is 0.262 e. The molecule has 3 aromatic rings. The van der Waals surface area contributed by atoms with Crippen molar-refractivity contribution >= 4 is 34.0 Å². The summed E-state index contributed by atoms with van der Waals surface area (Å²) < 4.78 is 17.7. The van der Waals surface area contributed by atoms with Gasteiger partial charge in [-0.25, -0.2) is 5.43 Å². The molecule has 0 heterocycles. The molecule has 9 nitrogen and oxygen atoms in total. The number of amides is 2. The number of ether oxygens (including phenoxy) is 3. The van der Waals surface area contributed by atoms with Gasteiger partial charge in [-0.2, -0.15) is 10.4 Å². The van der Waals surface area contributed by atoms with Crippen molar-refractivity contribution in [1.29, 1.82) is 5.26 Å². The van der Waals surface area contributed by atoms with Crippen LogP contribution in [-0.4, -0.2) is 37.8 Å². The molecule has 0 spiro atoms. The van der Waals surface area contributed by atoms with Crippen LogP contribution in [0.2, 0.25) is 0 Å². The van der Waals surface area contributed by atoms with Crippen molar-refractivity contribution in [2.24, 2.45) is 11.0 Å². The number of benzene rings is 3. The van der Waals surface area contributed by atoms with E-state index in [4.69, 9.17) is 14.2 Å². The topological polar surface area (TPSA) is 122 Å². The van der Waals surface area contributed by atoms with Crippen LogP contribution in [0.3, 0.4) is 0 Å². The number of rotatable bonds is 13. The lowest BCUT2D eigenvalue weighted by Gasteiger charge is -2.19. The number of nitriles is 1. The van der Waals surface area contributed by atoms with Crippen molar-refractivity contribution in [2.45, 2.75) is 39.8 Å². The van der Waals surface area contributed by atoms with E-state index in [1.807, 2.05) is 51.1 Å². The number of aryl methyl sites for hydroxylation is 1. The van der Waals surface area contributed by atoms with E-state index in [1.54, 1.807) is 30.3 Å². The van der Waals surface area contributed by atoms with Gasteiger partial charge in [0.05, 0.1) is 29.4 Å². The van der Waals surface area contributed by atoms with Crippen LogP contribution in [0.4, 0.5) is 0 Å². The zero-order valence-electron chi connectivity index (χ0n) is 23.4. The van der Waals surface area contributed by atoms with Crippen molar-refractivity contribution in [3.8, 4) is 23.3 Å². The van der Waals surface area contributed by atoms with Gasteiger partial charge in [0.1, 0.15) is 18.4 Å². The van der Waals surface area contributed by atoms with E-state index in [-0.39, 0.29) is 19.1 Å². The Morgan fingerprint density at radius 2 is 1.80 bits per heavy atom. The molecule has 0 radical (unpaired) electrons. The molecule has 0 fully saturated rings. The van der Waals surface area contributed by atoms with Gasteiger partial charge in [0, 0.05) is 5.56 Å². The Hall–Kier alpha value is -4.36. The largest absolute Gasteiger partial charge is 0.493 e. The lowest BCUT2D eigenvalue weighted by Crippen LogP contribution is -2.47. The second-order valence-corrected chi connectivity index (χ2v) is 10.5. The molecule has 3 rings (SSSR count). The average molecular weight is 622 g/mol. The van der Waals surface area contributed by atoms with Gasteiger partial charge in [0.2, 0.25) is 0 Å². The number of carbonyl (C=O) groups is 2. The van der Waals surface area contributed by atoms with Crippen LogP contribution < -0.4 is 25.0 Å². The quantitative estimate of drug-likeness (QED) is 0.198. The van der Waals surface area contributed by atoms with Crippen molar-refractivity contribution in [1.82, 2.24) is 10.7 Å². The Morgan fingerprint density at radius 3 is 2.51 bits per heavy atom. The number of para-hydroxylation sites is 1. The first-order chi connectivity index (χ1) is 19.7. The summed E-state index contributed by atoms with van der Waals surface area (Å²) in [4.78, 5) is 25.4. The highest BCUT2D eigenvalue weighted by Gasteiger charge is 2.22. The van der Waals surface area contributed by atoms with Gasteiger partial charge in [-0.05, 0) is 70.6 Å². The minimum absolute atomic E-state index is 0.153. The van der Waals surface area contributed by atoms with Crippen LogP contribution >= 0.6 is 15.9 Å². The third kappa shape index (κ3) is 9.36. The van der Waals surface area contributed by atoms with Gasteiger partial charge in [-0.15, -0.1) is 0 Å². The summed E-state index contributed by atoms with van der Waals surface area (Å²) in [7, 11) is 1.52. The van der Waals surface area contributed by atoms with Crippen LogP contribution in [0.25, 0.3) is 0 Å². The molecule has 0 aliphatic rings. The molecule has 2 N–H and O–H groups in total. The van der Waals surface area contributed by atoms with Crippen LogP contribution in [0.1, 0.15) is 42.5 Å². The summed E-state index contributed by atoms with van der Waals surface area (Å²) in [6, 6.07) is 19.4. The SMILES string of the molecule is COc1cc(/C=N\NC(=O)[C@H](CC(C)C)NC(=O)COc2ccccc2C)cc(Br)c1OCc1ccccc1C#N. The lowest BCUT2D eigenvalue weighted by molar-refractivity contribution is -0.130. The number of halogens is 1. The summed E-state index contributed by atoms with van der Waals surface area (Å²) >= 11 is 3.50. The third-order valence-corrected chi connectivity index (χ3v) is 6.55. The molecule has 214 valence electrons. The fraction of sp³-hybridized carbons (Fsp3) is 0.290. The fourth-order valence-electron chi connectivity index (χ4n) is 3.91. The van der Waals surface area contributed by atoms with Gasteiger partial charge in [-0.3, -0.25) is 9.59 Å². The first-order valence-electron chi connectivity index (χ1n) is 13.0. The molecule has 2 amide bonds. The Balaban J connectivity index is 1.62. The Kier molecular flexibility index (Phi) is 11.7. The Labute approximate surface area is 248 Å². The molecule has 1 atom stereocenters. The highest BCUT2D eigenvalue weighted by Crippen LogP contribution is 2.37. The van der Waals surface area contributed by atoms with E-state index in [0.717, 1.165) is 11.1 Å². The molecule has 0 unspecified atom stereocenters. The van der Waals surface area contributed by atoms with Crippen LogP contribution in [0, 0.1) is 24.2 Å². The summed E-state index contributed by atoms with van der Waals surface area (Å²) in [5.41, 5.74) is 5.35. The van der Waals surface area contributed by atoms with Gasteiger partial charge in [0.25, 0.3) is 11.8 Å². The number of methoxy groups -OCH3 is 1. The van der Waals surface area contributed by atoms with E-state index >= 15 is 0 Å². The number of hydrogen-bond acceptors (Lipinski definition) is 7. The van der Waals surface area contributed by atoms with E-state index < -0.39 is 17.9 Å². The smallest absolute Gasteiger partial charge is 0.262 e. The summed E-state index contributed by atoms with van der Waals surface area (Å²) in [6.45, 7) is 5.80. The van der Waals surface area contributed by atoms with Crippen molar-refractivity contribution < 1.29 is 23.8 Å². The van der Waals surface area contributed by atoms with Crippen LogP contribution in [-0.2, 0) is 16.2 Å². The van der Waals surface area contributed by atoms with Crippen LogP contribution in [0.5, 0.6) is 17.2 Å². The van der Waals surface area contributed by atoms with E-state index in [2.05, 4.69) is 37.8 Å². The predicted molar refractivity (Wildman–Crippen MR) is 160 cm³/mol. The maximum absolute atomic E-state index is 12.9. The van der Waals surface area contributed by atoms with Crippen molar-refractivity contribution in [2.75, 3.05) is 13.7 Å². The Morgan fingerprint density at radius 1 is 1.07 bits per heavy atom. The fourth-order valence-corrected chi connectivity index (χ4v) is 4.48. The van der Waals surface area contributed by atoms with Gasteiger partial charge < -0.3 is 19.5 Å². The van der Waals surface area contributed by atoms with E-state index in [9.17, 15) is 14.9 Å². The van der Waals surface area contributed by atoms with Gasteiger partial charge in [-0.1, -0.05) is 50.2 Å². The zero-order chi connectivity index (χ0) is 29.8. The second kappa shape index (κ2) is 15.4. The predicted octanol–water partition coefficient (Wildman–Crippen LogP) is 5.28. The van der Waals surface area contributed by atoms with Gasteiger partial charge >= 0.3 is 0 Å². The summed E-state index contributed by atoms with van der Waals surface area (Å²) in [5, 5.41) is 16.1. The summed E-state index contributed by atoms with van der Waals surface area (Å²) in [6.07, 6.45) is 1.90. The molecule has 0 bridgehead atoms. The van der Waals surface area contributed by atoms with Crippen molar-refractivity contribution in [3.05, 3.63) is 87.4 Å². The molecule has 0 aliphatic heterocycles. The molecular weight excluding hydrogens is 588 g/mol. The minimum atomic E-state index is -0.784. The molecule has 0 saturated carbocycles. The normalized spacial score (nSPS) is 11.5. The average Bonchev–Trinajstić information content (AvgIpc) is 2.95. The highest BCUT2D eigenvalue weighted by molar-refractivity contribution is 9.10.